The molecule has 0 radical (unpaired) electrons. The van der Waals surface area contributed by atoms with E-state index in [0.29, 0.717) is 18.1 Å². The van der Waals surface area contributed by atoms with Crippen molar-refractivity contribution in [3.8, 4) is 0 Å². The molecule has 0 saturated heterocycles. The fourth-order valence-corrected chi connectivity index (χ4v) is 3.07. The molecule has 16 heavy (non-hydrogen) atoms. The molecule has 0 heterocycles. The molecule has 0 atom stereocenters. The molecule has 0 amide bonds. The summed E-state index contributed by atoms with van der Waals surface area (Å²) in [5.41, 5.74) is 5.77. The van der Waals surface area contributed by atoms with Crippen LogP contribution in [0.25, 0.3) is 0 Å². The minimum absolute atomic E-state index is 0.146. The Balaban J connectivity index is 3.74. The topological polar surface area (TPSA) is 60.2 Å². The molecular formula is C12H27NO2S. The maximum Gasteiger partial charge on any atom is 0.150 e. The lowest BCUT2D eigenvalue weighted by molar-refractivity contribution is 0.335. The average Bonchev–Trinajstić information content (AvgIpc) is 2.22. The van der Waals surface area contributed by atoms with Crippen molar-refractivity contribution < 1.29 is 8.42 Å². The molecule has 0 bridgehead atoms. The van der Waals surface area contributed by atoms with E-state index in [4.69, 9.17) is 5.73 Å². The van der Waals surface area contributed by atoms with E-state index in [9.17, 15) is 8.42 Å². The third-order valence-corrected chi connectivity index (χ3v) is 4.74. The van der Waals surface area contributed by atoms with Crippen LogP contribution in [0.5, 0.6) is 0 Å². The molecule has 0 aromatic heterocycles. The van der Waals surface area contributed by atoms with E-state index in [-0.39, 0.29) is 5.41 Å². The highest BCUT2D eigenvalue weighted by molar-refractivity contribution is 7.91. The molecule has 0 unspecified atom stereocenters. The Hall–Kier alpha value is -0.0900. The van der Waals surface area contributed by atoms with Gasteiger partial charge in [0.05, 0.1) is 11.5 Å². The van der Waals surface area contributed by atoms with Crippen molar-refractivity contribution in [3.63, 3.8) is 0 Å². The molecular weight excluding hydrogens is 222 g/mol. The summed E-state index contributed by atoms with van der Waals surface area (Å²) in [6.45, 7) is 6.92. The summed E-state index contributed by atoms with van der Waals surface area (Å²) < 4.78 is 23.1. The van der Waals surface area contributed by atoms with E-state index < -0.39 is 9.84 Å². The Morgan fingerprint density at radius 2 is 1.62 bits per heavy atom. The fraction of sp³-hybridized carbons (Fsp3) is 1.00. The van der Waals surface area contributed by atoms with Crippen molar-refractivity contribution in [1.82, 2.24) is 0 Å². The first-order valence-electron chi connectivity index (χ1n) is 6.23. The standard InChI is InChI=1S/C12H27NO2S/c1-4-5-9-16(14,15)10-7-6-8-12(2,3)11-13/h4-11,13H2,1-3H3. The number of nitrogens with two attached hydrogens (primary N) is 1. The number of rotatable bonds is 9. The number of sulfone groups is 1. The molecule has 2 N–H and O–H groups in total. The Morgan fingerprint density at radius 1 is 1.06 bits per heavy atom. The Bertz CT molecular complexity index is 271. The van der Waals surface area contributed by atoms with Gasteiger partial charge in [0.2, 0.25) is 0 Å². The first kappa shape index (κ1) is 15.9. The van der Waals surface area contributed by atoms with Crippen molar-refractivity contribution >= 4 is 9.84 Å². The van der Waals surface area contributed by atoms with Crippen LogP contribution in [0.3, 0.4) is 0 Å². The third kappa shape index (κ3) is 8.11. The highest BCUT2D eigenvalue weighted by Crippen LogP contribution is 2.21. The van der Waals surface area contributed by atoms with Crippen molar-refractivity contribution in [3.05, 3.63) is 0 Å². The Labute approximate surface area is 101 Å². The average molecular weight is 249 g/mol. The maximum atomic E-state index is 11.6. The second-order valence-electron chi connectivity index (χ2n) is 5.33. The van der Waals surface area contributed by atoms with E-state index >= 15 is 0 Å². The van der Waals surface area contributed by atoms with Crippen LogP contribution in [0.15, 0.2) is 0 Å². The van der Waals surface area contributed by atoms with Crippen LogP contribution < -0.4 is 5.73 Å². The van der Waals surface area contributed by atoms with Crippen LogP contribution in [0.4, 0.5) is 0 Å². The molecule has 0 aliphatic rings. The summed E-state index contributed by atoms with van der Waals surface area (Å²) in [6, 6.07) is 0. The van der Waals surface area contributed by atoms with Gasteiger partial charge in [-0.3, -0.25) is 0 Å². The lowest BCUT2D eigenvalue weighted by Gasteiger charge is -2.21. The first-order chi connectivity index (χ1) is 7.33. The van der Waals surface area contributed by atoms with Gasteiger partial charge in [-0.05, 0) is 31.2 Å². The monoisotopic (exact) mass is 249 g/mol. The molecule has 3 nitrogen and oxygen atoms in total. The lowest BCUT2D eigenvalue weighted by Crippen LogP contribution is -2.23. The summed E-state index contributed by atoms with van der Waals surface area (Å²) in [6.07, 6.45) is 4.47. The Kier molecular flexibility index (Phi) is 7.24. The zero-order valence-corrected chi connectivity index (χ0v) is 11.8. The van der Waals surface area contributed by atoms with Gasteiger partial charge < -0.3 is 5.73 Å². The normalized spacial score (nSPS) is 13.0. The molecule has 0 aliphatic heterocycles. The molecule has 0 aliphatic carbocycles. The minimum atomic E-state index is -2.80. The van der Waals surface area contributed by atoms with E-state index in [1.54, 1.807) is 0 Å². The van der Waals surface area contributed by atoms with Crippen LogP contribution in [0.2, 0.25) is 0 Å². The zero-order chi connectivity index (χ0) is 12.7. The third-order valence-electron chi connectivity index (χ3n) is 2.92. The zero-order valence-electron chi connectivity index (χ0n) is 11.0. The van der Waals surface area contributed by atoms with E-state index in [0.717, 1.165) is 32.1 Å². The van der Waals surface area contributed by atoms with Crippen LogP contribution in [-0.4, -0.2) is 26.5 Å². The van der Waals surface area contributed by atoms with Gasteiger partial charge in [0.1, 0.15) is 9.84 Å². The van der Waals surface area contributed by atoms with Crippen LogP contribution >= 0.6 is 0 Å². The van der Waals surface area contributed by atoms with Gasteiger partial charge in [-0.25, -0.2) is 8.42 Å². The van der Waals surface area contributed by atoms with Crippen LogP contribution in [0, 0.1) is 5.41 Å². The molecule has 98 valence electrons. The first-order valence-corrected chi connectivity index (χ1v) is 8.05. The molecule has 0 spiro atoms. The quantitative estimate of drug-likeness (QED) is 0.638. The highest BCUT2D eigenvalue weighted by Gasteiger charge is 2.16. The lowest BCUT2D eigenvalue weighted by atomic mass is 9.88. The second kappa shape index (κ2) is 7.28. The summed E-state index contributed by atoms with van der Waals surface area (Å²) in [4.78, 5) is 0. The molecule has 0 aromatic rings. The van der Waals surface area contributed by atoms with Crippen LogP contribution in [0.1, 0.15) is 52.9 Å². The SMILES string of the molecule is CCCCS(=O)(=O)CCCCC(C)(C)CN. The number of hydrogen-bond acceptors (Lipinski definition) is 3. The van der Waals surface area contributed by atoms with Gasteiger partial charge in [-0.1, -0.05) is 33.6 Å². The van der Waals surface area contributed by atoms with Crippen molar-refractivity contribution in [1.29, 1.82) is 0 Å². The van der Waals surface area contributed by atoms with E-state index in [1.807, 2.05) is 6.92 Å². The molecule has 0 fully saturated rings. The smallest absolute Gasteiger partial charge is 0.150 e. The second-order valence-corrected chi connectivity index (χ2v) is 7.63. The van der Waals surface area contributed by atoms with Gasteiger partial charge in [-0.2, -0.15) is 0 Å². The van der Waals surface area contributed by atoms with E-state index in [1.165, 1.54) is 0 Å². The summed E-state index contributed by atoms with van der Waals surface area (Å²) in [7, 11) is -2.80. The largest absolute Gasteiger partial charge is 0.330 e. The van der Waals surface area contributed by atoms with Crippen molar-refractivity contribution in [2.24, 2.45) is 11.1 Å². The van der Waals surface area contributed by atoms with Crippen molar-refractivity contribution in [2.45, 2.75) is 52.9 Å². The number of hydrogen-bond donors (Lipinski definition) is 1. The summed E-state index contributed by atoms with van der Waals surface area (Å²) >= 11 is 0. The Morgan fingerprint density at radius 3 is 2.12 bits per heavy atom. The van der Waals surface area contributed by atoms with E-state index in [2.05, 4.69) is 13.8 Å². The fourth-order valence-electron chi connectivity index (χ4n) is 1.49. The molecule has 4 heteroatoms. The molecule has 0 rings (SSSR count). The minimum Gasteiger partial charge on any atom is -0.330 e. The molecule has 0 saturated carbocycles. The maximum absolute atomic E-state index is 11.6. The van der Waals surface area contributed by atoms with Gasteiger partial charge in [0.25, 0.3) is 0 Å². The number of unbranched alkanes of at least 4 members (excludes halogenated alkanes) is 2. The van der Waals surface area contributed by atoms with Crippen LogP contribution in [-0.2, 0) is 9.84 Å². The van der Waals surface area contributed by atoms with Gasteiger partial charge in [0.15, 0.2) is 0 Å². The molecule has 0 aromatic carbocycles. The van der Waals surface area contributed by atoms with Gasteiger partial charge in [0, 0.05) is 0 Å². The summed E-state index contributed by atoms with van der Waals surface area (Å²) in [5, 5.41) is 0. The van der Waals surface area contributed by atoms with Gasteiger partial charge in [-0.15, -0.1) is 0 Å². The van der Waals surface area contributed by atoms with Gasteiger partial charge >= 0.3 is 0 Å². The highest BCUT2D eigenvalue weighted by atomic mass is 32.2. The predicted octanol–water partition coefficient (Wildman–Crippen LogP) is 2.36. The van der Waals surface area contributed by atoms with Crippen molar-refractivity contribution in [2.75, 3.05) is 18.1 Å². The predicted molar refractivity (Wildman–Crippen MR) is 70.2 cm³/mol. The summed E-state index contributed by atoms with van der Waals surface area (Å²) in [5.74, 6) is 0.692.